The van der Waals surface area contributed by atoms with Crippen LogP contribution in [0, 0.1) is 11.7 Å². The minimum atomic E-state index is -0.321. The van der Waals surface area contributed by atoms with Crippen molar-refractivity contribution in [2.45, 2.75) is 25.7 Å². The number of carbonyl (C=O) groups is 1. The van der Waals surface area contributed by atoms with Crippen molar-refractivity contribution in [1.82, 2.24) is 0 Å². The lowest BCUT2D eigenvalue weighted by Crippen LogP contribution is -2.20. The number of hydrogen-bond acceptors (Lipinski definition) is 1. The zero-order valence-corrected chi connectivity index (χ0v) is 12.9. The first kappa shape index (κ1) is 15.0. The Balaban J connectivity index is 1.75. The van der Waals surface area contributed by atoms with Crippen molar-refractivity contribution in [3.63, 3.8) is 0 Å². The van der Waals surface area contributed by atoms with E-state index in [0.717, 1.165) is 36.9 Å². The van der Waals surface area contributed by atoms with E-state index in [1.165, 1.54) is 12.1 Å². The Bertz CT molecular complexity index is 678. The van der Waals surface area contributed by atoms with Gasteiger partial charge >= 0.3 is 0 Å². The van der Waals surface area contributed by atoms with Crippen LogP contribution in [0.3, 0.4) is 0 Å². The van der Waals surface area contributed by atoms with Crippen LogP contribution in [0.4, 0.5) is 10.1 Å². The number of anilines is 1. The fourth-order valence-corrected chi connectivity index (χ4v) is 3.11. The average Bonchev–Trinajstić information content (AvgIpc) is 3.05. The number of benzene rings is 2. The van der Waals surface area contributed by atoms with Gasteiger partial charge in [-0.1, -0.05) is 36.6 Å². The van der Waals surface area contributed by atoms with Gasteiger partial charge in [0.05, 0.1) is 0 Å². The van der Waals surface area contributed by atoms with Crippen molar-refractivity contribution in [2.24, 2.45) is 5.92 Å². The van der Waals surface area contributed by atoms with Gasteiger partial charge in [-0.25, -0.2) is 4.39 Å². The van der Waals surface area contributed by atoms with Crippen LogP contribution in [0.5, 0.6) is 0 Å². The molecule has 1 saturated carbocycles. The van der Waals surface area contributed by atoms with E-state index < -0.39 is 0 Å². The van der Waals surface area contributed by atoms with Gasteiger partial charge in [-0.15, -0.1) is 0 Å². The molecule has 0 atom stereocenters. The Kier molecular flexibility index (Phi) is 4.44. The molecule has 0 bridgehead atoms. The fourth-order valence-electron chi connectivity index (χ4n) is 2.88. The predicted molar refractivity (Wildman–Crippen MR) is 87.4 cm³/mol. The molecule has 0 heterocycles. The van der Waals surface area contributed by atoms with Crippen LogP contribution < -0.4 is 5.32 Å². The Morgan fingerprint density at radius 2 is 1.77 bits per heavy atom. The summed E-state index contributed by atoms with van der Waals surface area (Å²) < 4.78 is 13.3. The highest BCUT2D eigenvalue weighted by Gasteiger charge is 2.22. The minimum Gasteiger partial charge on any atom is -0.326 e. The van der Waals surface area contributed by atoms with Crippen molar-refractivity contribution in [3.8, 4) is 11.1 Å². The van der Waals surface area contributed by atoms with E-state index in [4.69, 9.17) is 11.6 Å². The molecule has 0 aliphatic heterocycles. The topological polar surface area (TPSA) is 29.1 Å². The highest BCUT2D eigenvalue weighted by atomic mass is 35.5. The van der Waals surface area contributed by atoms with Gasteiger partial charge < -0.3 is 5.32 Å². The lowest BCUT2D eigenvalue weighted by atomic mass is 10.0. The number of hydrogen-bond donors (Lipinski definition) is 1. The summed E-state index contributed by atoms with van der Waals surface area (Å²) in [5.41, 5.74) is 2.23. The van der Waals surface area contributed by atoms with Crippen molar-refractivity contribution in [2.75, 3.05) is 5.32 Å². The van der Waals surface area contributed by atoms with E-state index in [1.807, 2.05) is 24.3 Å². The van der Waals surface area contributed by atoms with Gasteiger partial charge in [0.2, 0.25) is 5.91 Å². The van der Waals surface area contributed by atoms with Crippen molar-refractivity contribution < 1.29 is 9.18 Å². The van der Waals surface area contributed by atoms with E-state index in [2.05, 4.69) is 5.32 Å². The second-order valence-electron chi connectivity index (χ2n) is 5.67. The molecule has 2 aromatic rings. The standard InChI is InChI=1S/C18H17ClFNO/c19-17-10-7-14(20)11-16(17)12-5-8-15(9-6-12)21-18(22)13-3-1-2-4-13/h5-11,13H,1-4H2,(H,21,22). The maximum atomic E-state index is 13.3. The van der Waals surface area contributed by atoms with E-state index in [-0.39, 0.29) is 17.6 Å². The smallest absolute Gasteiger partial charge is 0.227 e. The molecule has 1 N–H and O–H groups in total. The molecule has 1 fully saturated rings. The van der Waals surface area contributed by atoms with Crippen molar-refractivity contribution in [3.05, 3.63) is 53.3 Å². The lowest BCUT2D eigenvalue weighted by molar-refractivity contribution is -0.119. The van der Waals surface area contributed by atoms with E-state index in [1.54, 1.807) is 6.07 Å². The normalized spacial score (nSPS) is 15.0. The van der Waals surface area contributed by atoms with Crippen LogP contribution >= 0.6 is 11.6 Å². The first-order valence-electron chi connectivity index (χ1n) is 7.50. The molecule has 3 rings (SSSR count). The molecule has 1 aliphatic carbocycles. The molecule has 1 aliphatic rings. The zero-order valence-electron chi connectivity index (χ0n) is 12.1. The minimum absolute atomic E-state index is 0.0917. The summed E-state index contributed by atoms with van der Waals surface area (Å²) in [6, 6.07) is 11.6. The largest absolute Gasteiger partial charge is 0.326 e. The lowest BCUT2D eigenvalue weighted by Gasteiger charge is -2.11. The van der Waals surface area contributed by atoms with E-state index in [9.17, 15) is 9.18 Å². The molecule has 2 nitrogen and oxygen atoms in total. The van der Waals surface area contributed by atoms with Crippen LogP contribution in [0.1, 0.15) is 25.7 Å². The van der Waals surface area contributed by atoms with Gasteiger partial charge in [-0.3, -0.25) is 4.79 Å². The van der Waals surface area contributed by atoms with E-state index in [0.29, 0.717) is 10.6 Å². The summed E-state index contributed by atoms with van der Waals surface area (Å²) in [5.74, 6) is -0.0932. The molecule has 114 valence electrons. The molecule has 4 heteroatoms. The number of carbonyl (C=O) groups excluding carboxylic acids is 1. The first-order valence-corrected chi connectivity index (χ1v) is 7.87. The number of nitrogens with one attached hydrogen (secondary N) is 1. The third kappa shape index (κ3) is 3.30. The summed E-state index contributed by atoms with van der Waals surface area (Å²) in [6.45, 7) is 0. The zero-order chi connectivity index (χ0) is 15.5. The summed E-state index contributed by atoms with van der Waals surface area (Å²) in [7, 11) is 0. The third-order valence-corrected chi connectivity index (χ3v) is 4.45. The van der Waals surface area contributed by atoms with Gasteiger partial charge in [-0.2, -0.15) is 0 Å². The molecule has 1 amide bonds. The quantitative estimate of drug-likeness (QED) is 0.820. The Labute approximate surface area is 134 Å². The molecule has 22 heavy (non-hydrogen) atoms. The average molecular weight is 318 g/mol. The molecule has 0 radical (unpaired) electrons. The molecule has 0 saturated heterocycles. The Hall–Kier alpha value is -1.87. The van der Waals surface area contributed by atoms with Gasteiger partial charge in [-0.05, 0) is 48.7 Å². The second-order valence-corrected chi connectivity index (χ2v) is 6.08. The van der Waals surface area contributed by atoms with Crippen LogP contribution in [-0.4, -0.2) is 5.91 Å². The van der Waals surface area contributed by atoms with Gasteiger partial charge in [0.1, 0.15) is 5.82 Å². The van der Waals surface area contributed by atoms with Crippen molar-refractivity contribution in [1.29, 1.82) is 0 Å². The number of amides is 1. The number of rotatable bonds is 3. The molecule has 0 spiro atoms. The van der Waals surface area contributed by atoms with Crippen LogP contribution in [0.2, 0.25) is 5.02 Å². The highest BCUT2D eigenvalue weighted by molar-refractivity contribution is 6.33. The summed E-state index contributed by atoms with van der Waals surface area (Å²) >= 11 is 6.10. The van der Waals surface area contributed by atoms with Gasteiger partial charge in [0.25, 0.3) is 0 Å². The van der Waals surface area contributed by atoms with Crippen LogP contribution in [0.25, 0.3) is 11.1 Å². The molecule has 2 aromatic carbocycles. The SMILES string of the molecule is O=C(Nc1ccc(-c2cc(F)ccc2Cl)cc1)C1CCCC1. The monoisotopic (exact) mass is 317 g/mol. The number of halogens is 2. The maximum absolute atomic E-state index is 13.3. The van der Waals surface area contributed by atoms with Crippen LogP contribution in [-0.2, 0) is 4.79 Å². The summed E-state index contributed by atoms with van der Waals surface area (Å²) in [4.78, 5) is 12.1. The third-order valence-electron chi connectivity index (χ3n) is 4.12. The summed E-state index contributed by atoms with van der Waals surface area (Å²) in [5, 5.41) is 3.45. The van der Waals surface area contributed by atoms with Crippen molar-refractivity contribution >= 4 is 23.2 Å². The van der Waals surface area contributed by atoms with Crippen LogP contribution in [0.15, 0.2) is 42.5 Å². The second kappa shape index (κ2) is 6.49. The fraction of sp³-hybridized carbons (Fsp3) is 0.278. The molecular weight excluding hydrogens is 301 g/mol. The first-order chi connectivity index (χ1) is 10.6. The molecule has 0 unspecified atom stereocenters. The van der Waals surface area contributed by atoms with E-state index >= 15 is 0 Å². The summed E-state index contributed by atoms with van der Waals surface area (Å²) in [6.07, 6.45) is 4.22. The Morgan fingerprint density at radius 3 is 2.45 bits per heavy atom. The molecular formula is C18H17ClFNO. The Morgan fingerprint density at radius 1 is 1.09 bits per heavy atom. The maximum Gasteiger partial charge on any atom is 0.227 e. The van der Waals surface area contributed by atoms with Gasteiger partial charge in [0.15, 0.2) is 0 Å². The molecule has 0 aromatic heterocycles. The van der Waals surface area contributed by atoms with Gasteiger partial charge in [0, 0.05) is 22.2 Å². The highest BCUT2D eigenvalue weighted by Crippen LogP contribution is 2.30. The predicted octanol–water partition coefficient (Wildman–Crippen LogP) is 5.27.